The number of aromatic nitrogens is 4. The quantitative estimate of drug-likeness (QED) is 0.148. The molecule has 0 radical (unpaired) electrons. The van der Waals surface area contributed by atoms with Crippen LogP contribution in [0.15, 0.2) is 103 Å². The van der Waals surface area contributed by atoms with Crippen molar-refractivity contribution in [2.45, 2.75) is 13.8 Å². The minimum atomic E-state index is 0. The molecule has 0 bridgehead atoms. The Hall–Kier alpha value is -4.43. The number of nitrogens with zero attached hydrogens (tertiary/aromatic N) is 4. The smallest absolute Gasteiger partial charge is 0.146 e. The summed E-state index contributed by atoms with van der Waals surface area (Å²) in [4.78, 5) is 5.33. The van der Waals surface area contributed by atoms with Crippen LogP contribution < -0.4 is 0 Å². The molecule has 4 aromatic carbocycles. The van der Waals surface area contributed by atoms with E-state index in [0.717, 1.165) is 61.4 Å². The van der Waals surface area contributed by atoms with Crippen LogP contribution in [-0.2, 0) is 20.4 Å². The molecule has 8 rings (SSSR count). The van der Waals surface area contributed by atoms with E-state index in [0.29, 0.717) is 0 Å². The molecule has 8 aromatic rings. The van der Waals surface area contributed by atoms with Gasteiger partial charge in [-0.3, -0.25) is 0 Å². The molecule has 0 atom stereocenters. The van der Waals surface area contributed by atoms with Crippen molar-refractivity contribution >= 4 is 43.7 Å². The van der Waals surface area contributed by atoms with E-state index < -0.39 is 0 Å². The topological polar surface area (TPSA) is 27.7 Å². The van der Waals surface area contributed by atoms with Gasteiger partial charge in [-0.15, -0.1) is 22.7 Å². The molecule has 0 aliphatic carbocycles. The van der Waals surface area contributed by atoms with E-state index in [9.17, 15) is 0 Å². The Morgan fingerprint density at radius 3 is 2.08 bits per heavy atom. The average Bonchev–Trinajstić information content (AvgIpc) is 3.61. The third-order valence-corrected chi connectivity index (χ3v) is 7.55. The van der Waals surface area contributed by atoms with Crippen LogP contribution in [0, 0.1) is 32.2 Å². The van der Waals surface area contributed by atoms with Gasteiger partial charge in [0.2, 0.25) is 0 Å². The summed E-state index contributed by atoms with van der Waals surface area (Å²) in [7, 11) is 0. The maximum absolute atomic E-state index is 5.33. The molecule has 0 fully saturated rings. The minimum absolute atomic E-state index is 0. The Kier molecular flexibility index (Phi) is 5.75. The molecular formula is C35H23N4Pd-3. The molecule has 40 heavy (non-hydrogen) atoms. The molecule has 0 spiro atoms. The van der Waals surface area contributed by atoms with Crippen LogP contribution in [0.5, 0.6) is 0 Å². The molecular weight excluding hydrogens is 583 g/mol. The zero-order chi connectivity index (χ0) is 26.1. The molecule has 4 aromatic heterocycles. The number of pyridine rings is 1. The summed E-state index contributed by atoms with van der Waals surface area (Å²) in [5.74, 6) is 0.853. The van der Waals surface area contributed by atoms with E-state index in [2.05, 4.69) is 131 Å². The van der Waals surface area contributed by atoms with Crippen molar-refractivity contribution in [3.05, 3.63) is 133 Å². The molecule has 4 nitrogen and oxygen atoms in total. The Morgan fingerprint density at radius 2 is 1.35 bits per heavy atom. The van der Waals surface area contributed by atoms with Crippen LogP contribution in [0.4, 0.5) is 0 Å². The minimum Gasteiger partial charge on any atom is -0.469 e. The fraction of sp³-hybridized carbons (Fsp3) is 0.0571. The van der Waals surface area contributed by atoms with Gasteiger partial charge in [-0.05, 0) is 29.7 Å². The molecule has 0 saturated carbocycles. The third-order valence-electron chi connectivity index (χ3n) is 7.55. The summed E-state index contributed by atoms with van der Waals surface area (Å²) in [5, 5.41) is 4.62. The van der Waals surface area contributed by atoms with Gasteiger partial charge in [0.15, 0.2) is 0 Å². The summed E-state index contributed by atoms with van der Waals surface area (Å²) in [6.07, 6.45) is 3.44. The Labute approximate surface area is 245 Å². The first kappa shape index (κ1) is 24.6. The van der Waals surface area contributed by atoms with Gasteiger partial charge in [0.25, 0.3) is 0 Å². The first-order valence-corrected chi connectivity index (χ1v) is 13.1. The predicted octanol–water partition coefficient (Wildman–Crippen LogP) is 8.08. The third kappa shape index (κ3) is 3.59. The summed E-state index contributed by atoms with van der Waals surface area (Å²) in [5.41, 5.74) is 8.30. The summed E-state index contributed by atoms with van der Waals surface area (Å²) >= 11 is 0. The SMILES string of the molecule is Cc1[c-]n(-c2[c-]c3c(cc2)c2ccccc2n3-c2ccc3c4ccccc4n(-c4[c-]cccc4)c3n2)c(C)c1.[Pd]. The Morgan fingerprint density at radius 1 is 0.650 bits per heavy atom. The van der Waals surface area contributed by atoms with Crippen LogP contribution in [0.2, 0.25) is 0 Å². The molecule has 0 unspecified atom stereocenters. The second kappa shape index (κ2) is 9.35. The van der Waals surface area contributed by atoms with Crippen LogP contribution >= 0.6 is 0 Å². The van der Waals surface area contributed by atoms with Crippen molar-refractivity contribution in [1.29, 1.82) is 0 Å². The van der Waals surface area contributed by atoms with Crippen molar-refractivity contribution in [2.75, 3.05) is 0 Å². The Balaban J connectivity index is 0.00000264. The molecule has 0 amide bonds. The summed E-state index contributed by atoms with van der Waals surface area (Å²) < 4.78 is 6.52. The van der Waals surface area contributed by atoms with Gasteiger partial charge < -0.3 is 13.7 Å². The predicted molar refractivity (Wildman–Crippen MR) is 158 cm³/mol. The van der Waals surface area contributed by atoms with Crippen LogP contribution in [0.3, 0.4) is 0 Å². The van der Waals surface area contributed by atoms with Gasteiger partial charge in [0, 0.05) is 36.7 Å². The normalized spacial score (nSPS) is 11.6. The molecule has 4 heterocycles. The number of para-hydroxylation sites is 3. The Bertz CT molecular complexity index is 2200. The zero-order valence-electron chi connectivity index (χ0n) is 21.9. The number of aryl methyl sites for hydroxylation is 2. The number of hydrogen-bond acceptors (Lipinski definition) is 1. The number of rotatable bonds is 3. The van der Waals surface area contributed by atoms with Crippen molar-refractivity contribution in [1.82, 2.24) is 18.7 Å². The van der Waals surface area contributed by atoms with E-state index in [1.54, 1.807) is 0 Å². The molecule has 196 valence electrons. The first-order valence-electron chi connectivity index (χ1n) is 13.1. The zero-order valence-corrected chi connectivity index (χ0v) is 23.5. The van der Waals surface area contributed by atoms with Gasteiger partial charge in [0.05, 0.1) is 5.52 Å². The second-order valence-electron chi connectivity index (χ2n) is 10.0. The van der Waals surface area contributed by atoms with Crippen LogP contribution in [0.1, 0.15) is 11.3 Å². The first-order chi connectivity index (χ1) is 19.2. The van der Waals surface area contributed by atoms with Gasteiger partial charge in [-0.25, -0.2) is 4.98 Å². The number of hydrogen-bond donors (Lipinski definition) is 0. The number of benzene rings is 4. The van der Waals surface area contributed by atoms with Crippen molar-refractivity contribution < 1.29 is 20.4 Å². The van der Waals surface area contributed by atoms with Crippen molar-refractivity contribution in [3.8, 4) is 17.2 Å². The fourth-order valence-corrected chi connectivity index (χ4v) is 5.90. The van der Waals surface area contributed by atoms with E-state index in [-0.39, 0.29) is 20.4 Å². The van der Waals surface area contributed by atoms with Crippen LogP contribution in [-0.4, -0.2) is 18.7 Å². The molecule has 0 saturated heterocycles. The van der Waals surface area contributed by atoms with Gasteiger partial charge in [0.1, 0.15) is 11.5 Å². The molecule has 0 N–H and O–H groups in total. The van der Waals surface area contributed by atoms with Gasteiger partial charge in [-0.1, -0.05) is 67.6 Å². The average molecular weight is 606 g/mol. The standard InChI is InChI=1S/C35H23N4.Pd/c1-23-20-24(2)37(22-23)26-16-17-29-27-12-6-9-15-32(27)39(33(29)21-26)34-19-18-30-28-13-7-8-14-31(28)38(35(30)36-34)25-10-4-3-5-11-25;/h3-10,12-20H,1-2H3;/q-3;. The van der Waals surface area contributed by atoms with Gasteiger partial charge in [-0.2, -0.15) is 54.2 Å². The van der Waals surface area contributed by atoms with E-state index in [1.807, 2.05) is 18.2 Å². The largest absolute Gasteiger partial charge is 0.469 e. The number of fused-ring (bicyclic) bond motifs is 6. The maximum atomic E-state index is 5.33. The molecule has 5 heteroatoms. The van der Waals surface area contributed by atoms with Crippen LogP contribution in [0.25, 0.3) is 60.9 Å². The van der Waals surface area contributed by atoms with Crippen molar-refractivity contribution in [3.63, 3.8) is 0 Å². The molecule has 0 aliphatic heterocycles. The second-order valence-corrected chi connectivity index (χ2v) is 10.0. The van der Waals surface area contributed by atoms with E-state index >= 15 is 0 Å². The van der Waals surface area contributed by atoms with E-state index in [1.165, 1.54) is 10.8 Å². The maximum Gasteiger partial charge on any atom is 0.146 e. The van der Waals surface area contributed by atoms with Gasteiger partial charge >= 0.3 is 0 Å². The molecule has 0 aliphatic rings. The monoisotopic (exact) mass is 605 g/mol. The summed E-state index contributed by atoms with van der Waals surface area (Å²) in [6, 6.07) is 42.9. The summed E-state index contributed by atoms with van der Waals surface area (Å²) in [6.45, 7) is 4.17. The van der Waals surface area contributed by atoms with E-state index in [4.69, 9.17) is 4.98 Å². The van der Waals surface area contributed by atoms with Crippen molar-refractivity contribution in [2.24, 2.45) is 0 Å². The fourth-order valence-electron chi connectivity index (χ4n) is 5.90.